The predicted octanol–water partition coefficient (Wildman–Crippen LogP) is 4.52. The third kappa shape index (κ3) is 5.52. The fourth-order valence-electron chi connectivity index (χ4n) is 5.21. The van der Waals surface area contributed by atoms with Crippen molar-refractivity contribution < 1.29 is 18.0 Å². The molecular weight excluding hydrogens is 457 g/mol. The summed E-state index contributed by atoms with van der Waals surface area (Å²) in [6.45, 7) is 5.00. The average Bonchev–Trinajstić information content (AvgIpc) is 3.21. The van der Waals surface area contributed by atoms with Crippen molar-refractivity contribution in [2.45, 2.75) is 70.9 Å². The number of aromatic nitrogens is 2. The molecule has 4 rings (SSSR count). The molecule has 0 radical (unpaired) electrons. The first-order valence-electron chi connectivity index (χ1n) is 12.0. The highest BCUT2D eigenvalue weighted by Gasteiger charge is 2.35. The van der Waals surface area contributed by atoms with E-state index < -0.39 is 17.8 Å². The second kappa shape index (κ2) is 9.64. The van der Waals surface area contributed by atoms with Gasteiger partial charge in [0.15, 0.2) is 0 Å². The Morgan fingerprint density at radius 3 is 2.46 bits per heavy atom. The first kappa shape index (κ1) is 25.2. The highest BCUT2D eigenvalue weighted by molar-refractivity contribution is 5.78. The number of nitrogens with zero attached hydrogens (tertiary/aromatic N) is 4. The Hall–Kier alpha value is -2.88. The van der Waals surface area contributed by atoms with Gasteiger partial charge in [0, 0.05) is 50.4 Å². The van der Waals surface area contributed by atoms with Crippen LogP contribution in [0.4, 0.5) is 24.7 Å². The maximum absolute atomic E-state index is 13.3. The summed E-state index contributed by atoms with van der Waals surface area (Å²) in [5.74, 6) is 1.55. The molecule has 0 bridgehead atoms. The van der Waals surface area contributed by atoms with Crippen molar-refractivity contribution in [3.63, 3.8) is 0 Å². The quantitative estimate of drug-likeness (QED) is 0.600. The summed E-state index contributed by atoms with van der Waals surface area (Å²) >= 11 is 0. The molecule has 1 aromatic carbocycles. The molecule has 0 spiro atoms. The van der Waals surface area contributed by atoms with Crippen molar-refractivity contribution in [2.24, 2.45) is 5.92 Å². The number of benzene rings is 1. The molecule has 2 aromatic rings. The zero-order chi connectivity index (χ0) is 25.5. The van der Waals surface area contributed by atoms with Crippen LogP contribution in [0.15, 0.2) is 18.2 Å². The molecule has 0 saturated heterocycles. The van der Waals surface area contributed by atoms with E-state index in [-0.39, 0.29) is 17.5 Å². The monoisotopic (exact) mass is 490 g/mol. The third-order valence-electron chi connectivity index (χ3n) is 7.08. The van der Waals surface area contributed by atoms with Crippen LogP contribution in [0.25, 0.3) is 0 Å². The molecule has 0 unspecified atom stereocenters. The largest absolute Gasteiger partial charge is 0.416 e. The number of alkyl halides is 3. The maximum Gasteiger partial charge on any atom is 0.416 e. The van der Waals surface area contributed by atoms with E-state index in [1.54, 1.807) is 32.0 Å². The van der Waals surface area contributed by atoms with Gasteiger partial charge in [0.05, 0.1) is 17.3 Å². The molecule has 1 aliphatic carbocycles. The second-order valence-electron chi connectivity index (χ2n) is 9.94. The fraction of sp³-hybridized carbons (Fsp3) is 0.560. The van der Waals surface area contributed by atoms with Gasteiger partial charge in [-0.3, -0.25) is 9.69 Å². The van der Waals surface area contributed by atoms with E-state index in [1.165, 1.54) is 0 Å². The number of aryl methyl sites for hydroxylation is 1. The summed E-state index contributed by atoms with van der Waals surface area (Å²) < 4.78 is 39.8. The summed E-state index contributed by atoms with van der Waals surface area (Å²) in [7, 11) is 3.60. The molecule has 1 saturated carbocycles. The van der Waals surface area contributed by atoms with E-state index in [0.717, 1.165) is 49.1 Å². The van der Waals surface area contributed by atoms with Gasteiger partial charge in [0.25, 0.3) is 0 Å². The van der Waals surface area contributed by atoms with E-state index in [2.05, 4.69) is 20.2 Å². The lowest BCUT2D eigenvalue weighted by Gasteiger charge is -2.34. The number of hydrogen-bond acceptors (Lipinski definition) is 6. The number of hydrogen-bond donors (Lipinski definition) is 2. The molecule has 2 heterocycles. The van der Waals surface area contributed by atoms with Gasteiger partial charge in [-0.2, -0.15) is 13.2 Å². The van der Waals surface area contributed by atoms with Gasteiger partial charge in [0.1, 0.15) is 11.6 Å². The fourth-order valence-corrected chi connectivity index (χ4v) is 5.21. The highest BCUT2D eigenvalue weighted by Crippen LogP contribution is 2.37. The molecule has 1 amide bonds. The summed E-state index contributed by atoms with van der Waals surface area (Å²) in [5, 5.41) is 3.31. The number of nitrogens with one attached hydrogen (secondary N) is 1. The lowest BCUT2D eigenvalue weighted by Crippen LogP contribution is -2.38. The Bertz CT molecular complexity index is 1100. The van der Waals surface area contributed by atoms with Crippen LogP contribution in [0.3, 0.4) is 0 Å². The molecule has 3 N–H and O–H groups in total. The molecule has 7 nitrogen and oxygen atoms in total. The molecule has 1 aromatic heterocycles. The zero-order valence-electron chi connectivity index (χ0n) is 20.6. The van der Waals surface area contributed by atoms with Gasteiger partial charge >= 0.3 is 6.18 Å². The Balaban J connectivity index is 1.48. The molecule has 1 aliphatic heterocycles. The van der Waals surface area contributed by atoms with Crippen LogP contribution in [0.1, 0.15) is 66.9 Å². The van der Waals surface area contributed by atoms with Crippen LogP contribution in [-0.4, -0.2) is 45.8 Å². The Morgan fingerprint density at radius 1 is 1.14 bits per heavy atom. The maximum atomic E-state index is 13.3. The van der Waals surface area contributed by atoms with Gasteiger partial charge in [-0.25, -0.2) is 9.97 Å². The van der Waals surface area contributed by atoms with Crippen molar-refractivity contribution in [2.75, 3.05) is 25.1 Å². The van der Waals surface area contributed by atoms with Crippen LogP contribution in [0.5, 0.6) is 0 Å². The van der Waals surface area contributed by atoms with Crippen molar-refractivity contribution in [1.29, 1.82) is 0 Å². The lowest BCUT2D eigenvalue weighted by atomic mass is 9.84. The van der Waals surface area contributed by atoms with Crippen molar-refractivity contribution >= 4 is 17.4 Å². The van der Waals surface area contributed by atoms with Crippen LogP contribution >= 0.6 is 0 Å². The summed E-state index contributed by atoms with van der Waals surface area (Å²) in [6.07, 6.45) is -0.815. The molecule has 2 aliphatic rings. The number of halogens is 3. The number of nitrogens with two attached hydrogens (primary N) is 1. The average molecular weight is 491 g/mol. The topological polar surface area (TPSA) is 87.4 Å². The number of carbonyl (C=O) groups excluding carboxylic acids is 1. The van der Waals surface area contributed by atoms with E-state index >= 15 is 0 Å². The Morgan fingerprint density at radius 2 is 1.83 bits per heavy atom. The van der Waals surface area contributed by atoms with E-state index in [1.807, 2.05) is 6.92 Å². The van der Waals surface area contributed by atoms with Crippen LogP contribution in [0, 0.1) is 12.8 Å². The summed E-state index contributed by atoms with van der Waals surface area (Å²) in [5.41, 5.74) is 7.44. The number of rotatable bonds is 5. The van der Waals surface area contributed by atoms with E-state index in [4.69, 9.17) is 5.73 Å². The minimum absolute atomic E-state index is 0.0714. The number of anilines is 2. The molecular formula is C25H33F3N6O. The minimum atomic E-state index is -4.47. The van der Waals surface area contributed by atoms with E-state index in [0.29, 0.717) is 36.3 Å². The SMILES string of the molecule is Cc1nc2c(c(N[C@H](C)c3cc(N)cc(C(F)(F)F)c3)n1)CN(C1CCC(C(=O)N(C)C)CC1)C2. The molecule has 1 fully saturated rings. The smallest absolute Gasteiger partial charge is 0.399 e. The summed E-state index contributed by atoms with van der Waals surface area (Å²) in [6, 6.07) is 3.56. The molecule has 10 heteroatoms. The van der Waals surface area contributed by atoms with Crippen molar-refractivity contribution in [3.8, 4) is 0 Å². The lowest BCUT2D eigenvalue weighted by molar-refractivity contribution is -0.137. The van der Waals surface area contributed by atoms with Gasteiger partial charge < -0.3 is 16.0 Å². The van der Waals surface area contributed by atoms with Crippen LogP contribution in [-0.2, 0) is 24.1 Å². The number of amides is 1. The van der Waals surface area contributed by atoms with Crippen molar-refractivity contribution in [1.82, 2.24) is 19.8 Å². The number of fused-ring (bicyclic) bond motifs is 1. The highest BCUT2D eigenvalue weighted by atomic mass is 19.4. The molecule has 1 atom stereocenters. The van der Waals surface area contributed by atoms with Gasteiger partial charge in [-0.15, -0.1) is 0 Å². The van der Waals surface area contributed by atoms with E-state index in [9.17, 15) is 18.0 Å². The second-order valence-corrected chi connectivity index (χ2v) is 9.94. The van der Waals surface area contributed by atoms with Gasteiger partial charge in [-0.1, -0.05) is 0 Å². The zero-order valence-corrected chi connectivity index (χ0v) is 20.6. The van der Waals surface area contributed by atoms with Crippen molar-refractivity contribution in [3.05, 3.63) is 46.4 Å². The molecule has 190 valence electrons. The number of carbonyl (C=O) groups is 1. The normalized spacial score (nSPS) is 21.5. The Labute approximate surface area is 203 Å². The molecule has 35 heavy (non-hydrogen) atoms. The van der Waals surface area contributed by atoms with Crippen LogP contribution in [0.2, 0.25) is 0 Å². The number of nitrogen functional groups attached to an aromatic ring is 1. The summed E-state index contributed by atoms with van der Waals surface area (Å²) in [4.78, 5) is 25.6. The van der Waals surface area contributed by atoms with Crippen LogP contribution < -0.4 is 11.1 Å². The third-order valence-corrected chi connectivity index (χ3v) is 7.08. The van der Waals surface area contributed by atoms with Gasteiger partial charge in [-0.05, 0) is 63.3 Å². The minimum Gasteiger partial charge on any atom is -0.399 e. The first-order valence-corrected chi connectivity index (χ1v) is 12.0. The standard InChI is InChI=1S/C25H33F3N6O/c1-14(17-9-18(25(26,27)28)11-19(29)10-17)30-23-21-12-34(13-22(21)31-15(2)32-23)20-7-5-16(6-8-20)24(35)33(3)4/h9-11,14,16,20H,5-8,12-13,29H2,1-4H3,(H,30,31,32)/t14-,16?,20?/m1/s1. The van der Waals surface area contributed by atoms with Gasteiger partial charge in [0.2, 0.25) is 5.91 Å². The first-order chi connectivity index (χ1) is 16.4. The Kier molecular flexibility index (Phi) is 6.95. The predicted molar refractivity (Wildman–Crippen MR) is 128 cm³/mol.